The first-order valence-corrected chi connectivity index (χ1v) is 7.33. The molecule has 0 aromatic rings. The number of hydrogen-bond donors (Lipinski definition) is 3. The minimum Gasteiger partial charge on any atom is -0.396 e. The fourth-order valence-corrected chi connectivity index (χ4v) is 3.45. The highest BCUT2D eigenvalue weighted by Gasteiger charge is 2.27. The van der Waals surface area contributed by atoms with Gasteiger partial charge >= 0.3 is 0 Å². The largest absolute Gasteiger partial charge is 0.396 e. The molecule has 3 heteroatoms. The molecule has 2 aliphatic carbocycles. The lowest BCUT2D eigenvalue weighted by molar-refractivity contribution is 0.0786. The van der Waals surface area contributed by atoms with Crippen molar-refractivity contribution in [1.29, 1.82) is 0 Å². The Labute approximate surface area is 105 Å². The van der Waals surface area contributed by atoms with E-state index >= 15 is 0 Å². The average Bonchev–Trinajstić information content (AvgIpc) is 2.38. The third-order valence-electron chi connectivity index (χ3n) is 4.67. The number of rotatable bonds is 4. The van der Waals surface area contributed by atoms with Gasteiger partial charge in [0.05, 0.1) is 6.10 Å². The smallest absolute Gasteiger partial charge is 0.0693 e. The van der Waals surface area contributed by atoms with Crippen molar-refractivity contribution in [2.45, 2.75) is 63.5 Å². The van der Waals surface area contributed by atoms with Crippen LogP contribution in [-0.2, 0) is 0 Å². The summed E-state index contributed by atoms with van der Waals surface area (Å²) in [5.74, 6) is 1.10. The summed E-state index contributed by atoms with van der Waals surface area (Å²) in [6.07, 6.45) is 9.30. The van der Waals surface area contributed by atoms with Gasteiger partial charge in [0.25, 0.3) is 0 Å². The van der Waals surface area contributed by atoms with Gasteiger partial charge < -0.3 is 15.5 Å². The molecule has 100 valence electrons. The molecular formula is C14H27NO2. The Balaban J connectivity index is 1.75. The van der Waals surface area contributed by atoms with Crippen molar-refractivity contribution in [3.05, 3.63) is 0 Å². The van der Waals surface area contributed by atoms with Crippen molar-refractivity contribution in [3.8, 4) is 0 Å². The monoisotopic (exact) mass is 241 g/mol. The molecule has 2 aliphatic rings. The van der Waals surface area contributed by atoms with Gasteiger partial charge in [-0.3, -0.25) is 0 Å². The van der Waals surface area contributed by atoms with Crippen LogP contribution in [0.4, 0.5) is 0 Å². The van der Waals surface area contributed by atoms with Gasteiger partial charge in [-0.25, -0.2) is 0 Å². The van der Waals surface area contributed by atoms with Crippen LogP contribution in [0.3, 0.4) is 0 Å². The van der Waals surface area contributed by atoms with E-state index in [4.69, 9.17) is 0 Å². The van der Waals surface area contributed by atoms with Crippen LogP contribution < -0.4 is 5.32 Å². The maximum absolute atomic E-state index is 9.91. The molecule has 2 saturated carbocycles. The Hall–Kier alpha value is -0.120. The first-order valence-electron chi connectivity index (χ1n) is 7.33. The second-order valence-electron chi connectivity index (χ2n) is 5.85. The lowest BCUT2D eigenvalue weighted by Crippen LogP contribution is -2.45. The molecule has 0 aliphatic heterocycles. The van der Waals surface area contributed by atoms with Crippen molar-refractivity contribution < 1.29 is 10.2 Å². The predicted molar refractivity (Wildman–Crippen MR) is 68.8 cm³/mol. The van der Waals surface area contributed by atoms with Crippen LogP contribution in [0.1, 0.15) is 51.4 Å². The zero-order valence-corrected chi connectivity index (χ0v) is 10.8. The lowest BCUT2D eigenvalue weighted by atomic mass is 9.79. The maximum atomic E-state index is 9.91. The van der Waals surface area contributed by atoms with E-state index in [1.807, 2.05) is 0 Å². The minimum atomic E-state index is -0.153. The molecule has 2 unspecified atom stereocenters. The van der Waals surface area contributed by atoms with E-state index in [0.717, 1.165) is 19.4 Å². The SMILES string of the molecule is OCC1CCCCC1CN[C@@H]1CCCC[C@H]1O. The van der Waals surface area contributed by atoms with Crippen molar-refractivity contribution in [1.82, 2.24) is 5.32 Å². The zero-order valence-electron chi connectivity index (χ0n) is 10.8. The van der Waals surface area contributed by atoms with E-state index < -0.39 is 0 Å². The third kappa shape index (κ3) is 3.67. The van der Waals surface area contributed by atoms with Gasteiger partial charge in [0, 0.05) is 12.6 Å². The summed E-state index contributed by atoms with van der Waals surface area (Å²) in [5, 5.41) is 22.8. The number of nitrogens with one attached hydrogen (secondary N) is 1. The highest BCUT2D eigenvalue weighted by atomic mass is 16.3. The topological polar surface area (TPSA) is 52.5 Å². The highest BCUT2D eigenvalue weighted by Crippen LogP contribution is 2.29. The average molecular weight is 241 g/mol. The van der Waals surface area contributed by atoms with Crippen molar-refractivity contribution in [2.75, 3.05) is 13.2 Å². The molecule has 0 saturated heterocycles. The van der Waals surface area contributed by atoms with Crippen molar-refractivity contribution in [3.63, 3.8) is 0 Å². The molecule has 3 nitrogen and oxygen atoms in total. The van der Waals surface area contributed by atoms with Crippen LogP contribution >= 0.6 is 0 Å². The summed E-state index contributed by atoms with van der Waals surface area (Å²) in [7, 11) is 0. The van der Waals surface area contributed by atoms with Crippen LogP contribution in [0.5, 0.6) is 0 Å². The number of hydrogen-bond acceptors (Lipinski definition) is 3. The quantitative estimate of drug-likeness (QED) is 0.702. The van der Waals surface area contributed by atoms with Gasteiger partial charge in [0.1, 0.15) is 0 Å². The van der Waals surface area contributed by atoms with E-state index in [2.05, 4.69) is 5.32 Å². The first kappa shape index (κ1) is 13.3. The molecule has 17 heavy (non-hydrogen) atoms. The fraction of sp³-hybridized carbons (Fsp3) is 1.00. The minimum absolute atomic E-state index is 0.153. The van der Waals surface area contributed by atoms with Gasteiger partial charge in [-0.05, 0) is 44.1 Å². The van der Waals surface area contributed by atoms with Gasteiger partial charge in [0.15, 0.2) is 0 Å². The maximum Gasteiger partial charge on any atom is 0.0693 e. The van der Waals surface area contributed by atoms with Crippen LogP contribution in [0, 0.1) is 11.8 Å². The molecule has 0 spiro atoms. The van der Waals surface area contributed by atoms with E-state index in [1.165, 1.54) is 38.5 Å². The summed E-state index contributed by atoms with van der Waals surface area (Å²) in [6.45, 7) is 1.31. The molecule has 0 bridgehead atoms. The van der Waals surface area contributed by atoms with E-state index in [1.54, 1.807) is 0 Å². The van der Waals surface area contributed by atoms with Crippen molar-refractivity contribution in [2.24, 2.45) is 11.8 Å². The molecule has 3 N–H and O–H groups in total. The van der Waals surface area contributed by atoms with Gasteiger partial charge in [-0.2, -0.15) is 0 Å². The normalized spacial score (nSPS) is 39.2. The Bertz CT molecular complexity index is 222. The van der Waals surface area contributed by atoms with E-state index in [-0.39, 0.29) is 6.10 Å². The molecule has 0 aromatic heterocycles. The second kappa shape index (κ2) is 6.72. The van der Waals surface area contributed by atoms with Gasteiger partial charge in [0.2, 0.25) is 0 Å². The molecular weight excluding hydrogens is 214 g/mol. The Morgan fingerprint density at radius 3 is 2.24 bits per heavy atom. The molecule has 0 heterocycles. The summed E-state index contributed by atoms with van der Waals surface area (Å²) in [6, 6.07) is 0.296. The number of aliphatic hydroxyl groups is 2. The fourth-order valence-electron chi connectivity index (χ4n) is 3.45. The Kier molecular flexibility index (Phi) is 5.26. The molecule has 0 radical (unpaired) electrons. The summed E-state index contributed by atoms with van der Waals surface area (Å²) >= 11 is 0. The van der Waals surface area contributed by atoms with Crippen LogP contribution in [0.2, 0.25) is 0 Å². The molecule has 2 fully saturated rings. The van der Waals surface area contributed by atoms with Crippen molar-refractivity contribution >= 4 is 0 Å². The highest BCUT2D eigenvalue weighted by molar-refractivity contribution is 4.83. The van der Waals surface area contributed by atoms with E-state index in [0.29, 0.717) is 24.5 Å². The molecule has 4 atom stereocenters. The molecule has 0 amide bonds. The lowest BCUT2D eigenvalue weighted by Gasteiger charge is -2.34. The summed E-state index contributed by atoms with van der Waals surface area (Å²) in [5.41, 5.74) is 0. The second-order valence-corrected chi connectivity index (χ2v) is 5.85. The van der Waals surface area contributed by atoms with Crippen LogP contribution in [-0.4, -0.2) is 35.5 Å². The Morgan fingerprint density at radius 2 is 1.53 bits per heavy atom. The molecule has 2 rings (SSSR count). The predicted octanol–water partition coefficient (Wildman–Crippen LogP) is 1.68. The molecule has 0 aromatic carbocycles. The first-order chi connectivity index (χ1) is 8.31. The summed E-state index contributed by atoms with van der Waals surface area (Å²) < 4.78 is 0. The standard InChI is InChI=1S/C14H27NO2/c16-10-12-6-2-1-5-11(12)9-15-13-7-3-4-8-14(13)17/h11-17H,1-10H2/t11?,12?,13-,14-/m1/s1. The zero-order chi connectivity index (χ0) is 12.1. The summed E-state index contributed by atoms with van der Waals surface area (Å²) in [4.78, 5) is 0. The van der Waals surface area contributed by atoms with Crippen LogP contribution in [0.15, 0.2) is 0 Å². The van der Waals surface area contributed by atoms with Gasteiger partial charge in [-0.15, -0.1) is 0 Å². The van der Waals surface area contributed by atoms with Crippen LogP contribution in [0.25, 0.3) is 0 Å². The van der Waals surface area contributed by atoms with E-state index in [9.17, 15) is 10.2 Å². The third-order valence-corrected chi connectivity index (χ3v) is 4.67. The number of aliphatic hydroxyl groups excluding tert-OH is 2. The Morgan fingerprint density at radius 1 is 0.882 bits per heavy atom. The van der Waals surface area contributed by atoms with Gasteiger partial charge in [-0.1, -0.05) is 25.7 Å².